The number of nitrogens with one attached hydrogen (secondary N) is 1. The Morgan fingerprint density at radius 2 is 1.76 bits per heavy atom. The Bertz CT molecular complexity index is 1220. The summed E-state index contributed by atoms with van der Waals surface area (Å²) >= 11 is 0. The van der Waals surface area contributed by atoms with Gasteiger partial charge in [0.25, 0.3) is 0 Å². The summed E-state index contributed by atoms with van der Waals surface area (Å²) < 4.78 is 53.8. The van der Waals surface area contributed by atoms with Crippen molar-refractivity contribution in [3.8, 4) is 5.82 Å². The van der Waals surface area contributed by atoms with E-state index in [1.165, 1.54) is 0 Å². The molecule has 2 aromatic carbocycles. The number of hydrogen-bond donors (Lipinski definition) is 2. The van der Waals surface area contributed by atoms with Gasteiger partial charge in [-0.05, 0) is 37.3 Å². The maximum Gasteiger partial charge on any atom is 0.419 e. The largest absolute Gasteiger partial charge is 0.419 e. The lowest BCUT2D eigenvalue weighted by Crippen LogP contribution is -2.09. The van der Waals surface area contributed by atoms with E-state index in [0.29, 0.717) is 17.7 Å². The van der Waals surface area contributed by atoms with Crippen LogP contribution in [0.25, 0.3) is 16.9 Å². The lowest BCUT2D eigenvalue weighted by Gasteiger charge is -2.12. The molecule has 6 nitrogen and oxygen atoms in total. The average Bonchev–Trinajstić information content (AvgIpc) is 2.95. The second-order valence-electron chi connectivity index (χ2n) is 6.28. The van der Waals surface area contributed by atoms with Crippen LogP contribution < -0.4 is 11.1 Å². The summed E-state index contributed by atoms with van der Waals surface area (Å²) in [6, 6.07) is 11.5. The standard InChI is InChI=1S/C19H14F4N6/c1-10-25-14-4-2-3-5-15(14)29(10)17-9-16(24)27-18(28-17)26-11-6-7-12(13(20)8-11)19(21,22)23/h2-9H,1H3,(H3,24,26,27,28). The van der Waals surface area contributed by atoms with Crippen molar-refractivity contribution in [2.24, 2.45) is 0 Å². The van der Waals surface area contributed by atoms with Crippen LogP contribution in [0.1, 0.15) is 11.4 Å². The molecule has 2 aromatic heterocycles. The molecule has 2 heterocycles. The van der Waals surface area contributed by atoms with E-state index in [4.69, 9.17) is 5.73 Å². The minimum atomic E-state index is -4.77. The highest BCUT2D eigenvalue weighted by Crippen LogP contribution is 2.33. The van der Waals surface area contributed by atoms with Gasteiger partial charge in [0.1, 0.15) is 23.3 Å². The molecule has 4 aromatic rings. The van der Waals surface area contributed by atoms with Gasteiger partial charge >= 0.3 is 6.18 Å². The van der Waals surface area contributed by atoms with E-state index in [9.17, 15) is 17.6 Å². The number of nitrogens with zero attached hydrogens (tertiary/aromatic N) is 4. The van der Waals surface area contributed by atoms with Crippen LogP contribution in [0, 0.1) is 12.7 Å². The topological polar surface area (TPSA) is 81.7 Å². The number of alkyl halides is 3. The number of rotatable bonds is 3. The molecular weight excluding hydrogens is 388 g/mol. The number of hydrogen-bond acceptors (Lipinski definition) is 5. The molecule has 0 amide bonds. The van der Waals surface area contributed by atoms with Gasteiger partial charge in [0, 0.05) is 11.8 Å². The number of aryl methyl sites for hydroxylation is 1. The number of benzene rings is 2. The maximum absolute atomic E-state index is 13.8. The zero-order chi connectivity index (χ0) is 20.8. The number of para-hydroxylation sites is 2. The third kappa shape index (κ3) is 3.56. The van der Waals surface area contributed by atoms with Crippen molar-refractivity contribution >= 4 is 28.5 Å². The van der Waals surface area contributed by atoms with Gasteiger partial charge in [0.2, 0.25) is 5.95 Å². The van der Waals surface area contributed by atoms with Crippen molar-refractivity contribution in [3.63, 3.8) is 0 Å². The second kappa shape index (κ2) is 6.73. The fraction of sp³-hybridized carbons (Fsp3) is 0.105. The summed E-state index contributed by atoms with van der Waals surface area (Å²) in [7, 11) is 0. The number of nitrogens with two attached hydrogens (primary N) is 1. The van der Waals surface area contributed by atoms with Gasteiger partial charge in [0.15, 0.2) is 0 Å². The summed E-state index contributed by atoms with van der Waals surface area (Å²) in [4.78, 5) is 12.8. The van der Waals surface area contributed by atoms with Gasteiger partial charge in [0.05, 0.1) is 16.6 Å². The normalized spacial score (nSPS) is 11.8. The molecule has 29 heavy (non-hydrogen) atoms. The Morgan fingerprint density at radius 1 is 1.00 bits per heavy atom. The number of halogens is 4. The summed E-state index contributed by atoms with van der Waals surface area (Å²) in [5.74, 6) is -0.184. The van der Waals surface area contributed by atoms with Gasteiger partial charge < -0.3 is 11.1 Å². The zero-order valence-corrected chi connectivity index (χ0v) is 15.0. The molecule has 0 saturated carbocycles. The Balaban J connectivity index is 1.73. The van der Waals surface area contributed by atoms with E-state index >= 15 is 0 Å². The first kappa shape index (κ1) is 18.7. The molecule has 0 bridgehead atoms. The van der Waals surface area contributed by atoms with Crippen LogP contribution in [-0.4, -0.2) is 19.5 Å². The molecule has 0 atom stereocenters. The second-order valence-corrected chi connectivity index (χ2v) is 6.28. The van der Waals surface area contributed by atoms with Gasteiger partial charge in [-0.3, -0.25) is 4.57 Å². The van der Waals surface area contributed by atoms with Crippen molar-refractivity contribution in [1.29, 1.82) is 0 Å². The molecule has 0 aliphatic carbocycles. The predicted octanol–water partition coefficient (Wildman–Crippen LogP) is 4.61. The Labute approximate surface area is 162 Å². The molecule has 0 radical (unpaired) electrons. The Morgan fingerprint density at radius 3 is 2.48 bits per heavy atom. The van der Waals surface area contributed by atoms with Gasteiger partial charge in [-0.1, -0.05) is 12.1 Å². The zero-order valence-electron chi connectivity index (χ0n) is 15.0. The molecule has 0 aliphatic rings. The summed E-state index contributed by atoms with van der Waals surface area (Å²) in [6.45, 7) is 1.80. The summed E-state index contributed by atoms with van der Waals surface area (Å²) in [5.41, 5.74) is 6.15. The highest BCUT2D eigenvalue weighted by atomic mass is 19.4. The molecule has 10 heteroatoms. The molecule has 0 fully saturated rings. The molecule has 148 valence electrons. The minimum Gasteiger partial charge on any atom is -0.383 e. The summed E-state index contributed by atoms with van der Waals surface area (Å²) in [5, 5.41) is 2.69. The van der Waals surface area contributed by atoms with E-state index in [-0.39, 0.29) is 17.5 Å². The first-order chi connectivity index (χ1) is 13.7. The monoisotopic (exact) mass is 402 g/mol. The van der Waals surface area contributed by atoms with Crippen molar-refractivity contribution in [2.45, 2.75) is 13.1 Å². The molecule has 3 N–H and O–H groups in total. The number of anilines is 3. The van der Waals surface area contributed by atoms with Crippen molar-refractivity contribution in [2.75, 3.05) is 11.1 Å². The van der Waals surface area contributed by atoms with Crippen LogP contribution in [0.2, 0.25) is 0 Å². The van der Waals surface area contributed by atoms with Crippen LogP contribution in [0.4, 0.5) is 35.0 Å². The first-order valence-corrected chi connectivity index (χ1v) is 8.45. The molecule has 0 spiro atoms. The number of aromatic nitrogens is 4. The highest BCUT2D eigenvalue weighted by Gasteiger charge is 2.33. The quantitative estimate of drug-likeness (QED) is 0.489. The lowest BCUT2D eigenvalue weighted by atomic mass is 10.2. The van der Waals surface area contributed by atoms with Gasteiger partial charge in [-0.2, -0.15) is 23.1 Å². The minimum absolute atomic E-state index is 0.0105. The van der Waals surface area contributed by atoms with E-state index in [0.717, 1.165) is 23.2 Å². The predicted molar refractivity (Wildman–Crippen MR) is 100 cm³/mol. The smallest absolute Gasteiger partial charge is 0.383 e. The Kier molecular flexibility index (Phi) is 4.33. The first-order valence-electron chi connectivity index (χ1n) is 8.45. The molecule has 0 aliphatic heterocycles. The van der Waals surface area contributed by atoms with Crippen LogP contribution in [0.5, 0.6) is 0 Å². The van der Waals surface area contributed by atoms with Crippen molar-refractivity contribution < 1.29 is 17.6 Å². The maximum atomic E-state index is 13.8. The van der Waals surface area contributed by atoms with E-state index in [1.54, 1.807) is 17.6 Å². The number of imidazole rings is 1. The molecule has 0 unspecified atom stereocenters. The van der Waals surface area contributed by atoms with Crippen LogP contribution in [0.3, 0.4) is 0 Å². The van der Waals surface area contributed by atoms with Crippen LogP contribution >= 0.6 is 0 Å². The third-order valence-corrected chi connectivity index (χ3v) is 4.22. The SMILES string of the molecule is Cc1nc2ccccc2n1-c1cc(N)nc(Nc2ccc(C(F)(F)F)c(F)c2)n1. The fourth-order valence-electron chi connectivity index (χ4n) is 3.01. The Hall–Kier alpha value is -3.69. The third-order valence-electron chi connectivity index (χ3n) is 4.22. The molecular formula is C19H14F4N6. The molecule has 0 saturated heterocycles. The van der Waals surface area contributed by atoms with Gasteiger partial charge in [-0.15, -0.1) is 0 Å². The van der Waals surface area contributed by atoms with Crippen LogP contribution in [-0.2, 0) is 6.18 Å². The molecule has 4 rings (SSSR count). The van der Waals surface area contributed by atoms with Crippen molar-refractivity contribution in [3.05, 3.63) is 65.7 Å². The fourth-order valence-corrected chi connectivity index (χ4v) is 3.01. The lowest BCUT2D eigenvalue weighted by molar-refractivity contribution is -0.139. The average molecular weight is 402 g/mol. The van der Waals surface area contributed by atoms with E-state index < -0.39 is 17.6 Å². The van der Waals surface area contributed by atoms with E-state index in [2.05, 4.69) is 20.3 Å². The van der Waals surface area contributed by atoms with E-state index in [1.807, 2.05) is 24.3 Å². The number of nitrogen functional groups attached to an aromatic ring is 1. The van der Waals surface area contributed by atoms with Crippen LogP contribution in [0.15, 0.2) is 48.5 Å². The van der Waals surface area contributed by atoms with Gasteiger partial charge in [-0.25, -0.2) is 9.37 Å². The highest BCUT2D eigenvalue weighted by molar-refractivity contribution is 5.78. The summed E-state index contributed by atoms with van der Waals surface area (Å²) in [6.07, 6.45) is -4.77. The van der Waals surface area contributed by atoms with Crippen molar-refractivity contribution in [1.82, 2.24) is 19.5 Å². The number of fused-ring (bicyclic) bond motifs is 1.